The summed E-state index contributed by atoms with van der Waals surface area (Å²) in [5, 5.41) is 0.223. The van der Waals surface area contributed by atoms with E-state index in [1.165, 1.54) is 0 Å². The molecule has 20 heavy (non-hydrogen) atoms. The van der Waals surface area contributed by atoms with E-state index >= 15 is 0 Å². The first-order valence-corrected chi connectivity index (χ1v) is 10.6. The summed E-state index contributed by atoms with van der Waals surface area (Å²) < 4.78 is 9.44. The lowest BCUT2D eigenvalue weighted by Gasteiger charge is -2.35. The number of nitrogens with zero attached hydrogens (tertiary/aromatic N) is 2. The number of hydrogen-bond donors (Lipinski definition) is 0. The van der Waals surface area contributed by atoms with Crippen LogP contribution >= 0.6 is 15.9 Å². The highest BCUT2D eigenvalue weighted by atomic mass is 79.9. The molecule has 0 saturated heterocycles. The van der Waals surface area contributed by atoms with E-state index in [2.05, 4.69) is 65.4 Å². The third-order valence-electron chi connectivity index (χ3n) is 4.30. The summed E-state index contributed by atoms with van der Waals surface area (Å²) in [6.45, 7) is 11.9. The fourth-order valence-corrected chi connectivity index (χ4v) is 3.09. The van der Waals surface area contributed by atoms with Crippen LogP contribution in [-0.2, 0) is 18.1 Å². The summed E-state index contributed by atoms with van der Waals surface area (Å²) in [5.41, 5.74) is 2.15. The van der Waals surface area contributed by atoms with Crippen LogP contribution in [0.5, 0.6) is 0 Å². The summed E-state index contributed by atoms with van der Waals surface area (Å²) >= 11 is 3.49. The van der Waals surface area contributed by atoms with Crippen molar-refractivity contribution in [2.75, 3.05) is 0 Å². The van der Waals surface area contributed by atoms with Crippen molar-refractivity contribution < 1.29 is 4.43 Å². The number of imidazole rings is 1. The number of rotatable bonds is 3. The Labute approximate surface area is 130 Å². The van der Waals surface area contributed by atoms with Gasteiger partial charge in [0.05, 0.1) is 17.6 Å². The molecule has 0 atom stereocenters. The summed E-state index contributed by atoms with van der Waals surface area (Å²) in [7, 11) is 0.316. The predicted octanol–water partition coefficient (Wildman–Crippen LogP) is 4.86. The lowest BCUT2D eigenvalue weighted by molar-refractivity contribution is 0.264. The molecule has 3 nitrogen and oxygen atoms in total. The molecule has 1 aromatic carbocycles. The zero-order valence-corrected chi connectivity index (χ0v) is 15.7. The Morgan fingerprint density at radius 2 is 1.95 bits per heavy atom. The van der Waals surface area contributed by atoms with E-state index in [-0.39, 0.29) is 5.04 Å². The molecule has 0 amide bonds. The first-order chi connectivity index (χ1) is 9.12. The lowest BCUT2D eigenvalue weighted by Crippen LogP contribution is -2.40. The van der Waals surface area contributed by atoms with Crippen molar-refractivity contribution in [1.29, 1.82) is 0 Å². The van der Waals surface area contributed by atoms with Crippen LogP contribution in [0.4, 0.5) is 0 Å². The van der Waals surface area contributed by atoms with E-state index in [4.69, 9.17) is 4.43 Å². The maximum atomic E-state index is 6.26. The van der Waals surface area contributed by atoms with Crippen LogP contribution in [-0.4, -0.2) is 17.9 Å². The van der Waals surface area contributed by atoms with Crippen molar-refractivity contribution in [1.82, 2.24) is 9.55 Å². The Morgan fingerprint density at radius 3 is 2.55 bits per heavy atom. The molecule has 0 aliphatic carbocycles. The van der Waals surface area contributed by atoms with Gasteiger partial charge in [-0.15, -0.1) is 0 Å². The molecule has 2 aromatic rings. The highest BCUT2D eigenvalue weighted by molar-refractivity contribution is 9.10. The number of aromatic nitrogens is 2. The molecule has 0 spiro atoms. The minimum atomic E-state index is -1.73. The SMILES string of the molecule is Cn1c(CO[Si](C)(C)C(C)(C)C)nc2cc(Br)ccc21. The fraction of sp³-hybridized carbons (Fsp3) is 0.533. The number of fused-ring (bicyclic) bond motifs is 1. The Hall–Kier alpha value is -0.653. The largest absolute Gasteiger partial charge is 0.409 e. The van der Waals surface area contributed by atoms with Crippen molar-refractivity contribution in [3.8, 4) is 0 Å². The highest BCUT2D eigenvalue weighted by Crippen LogP contribution is 2.37. The molecule has 0 aliphatic rings. The molecular weight excluding hydrogens is 332 g/mol. The first kappa shape index (κ1) is 15.7. The Bertz CT molecular complexity index is 629. The maximum Gasteiger partial charge on any atom is 0.192 e. The van der Waals surface area contributed by atoms with Gasteiger partial charge in [-0.05, 0) is 36.3 Å². The molecule has 0 unspecified atom stereocenters. The topological polar surface area (TPSA) is 27.1 Å². The smallest absolute Gasteiger partial charge is 0.192 e. The van der Waals surface area contributed by atoms with Gasteiger partial charge in [-0.3, -0.25) is 0 Å². The van der Waals surface area contributed by atoms with Gasteiger partial charge in [0.2, 0.25) is 0 Å². The third kappa shape index (κ3) is 2.99. The molecule has 0 bridgehead atoms. The van der Waals surface area contributed by atoms with E-state index in [1.807, 2.05) is 19.2 Å². The van der Waals surface area contributed by atoms with Crippen LogP contribution in [0.25, 0.3) is 11.0 Å². The van der Waals surface area contributed by atoms with E-state index in [0.29, 0.717) is 6.61 Å². The van der Waals surface area contributed by atoms with Crippen LogP contribution in [0.1, 0.15) is 26.6 Å². The van der Waals surface area contributed by atoms with E-state index in [0.717, 1.165) is 21.3 Å². The minimum absolute atomic E-state index is 0.223. The van der Waals surface area contributed by atoms with Gasteiger partial charge in [-0.1, -0.05) is 36.7 Å². The average molecular weight is 355 g/mol. The van der Waals surface area contributed by atoms with Gasteiger partial charge >= 0.3 is 0 Å². The normalized spacial score (nSPS) is 13.2. The summed E-state index contributed by atoms with van der Waals surface area (Å²) in [4.78, 5) is 4.69. The molecular formula is C15H23BrN2OSi. The Balaban J connectivity index is 2.25. The lowest BCUT2D eigenvalue weighted by atomic mass is 10.2. The van der Waals surface area contributed by atoms with Crippen molar-refractivity contribution in [2.24, 2.45) is 7.05 Å². The van der Waals surface area contributed by atoms with E-state index in [1.54, 1.807) is 0 Å². The summed E-state index contributed by atoms with van der Waals surface area (Å²) in [5.74, 6) is 0.989. The number of halogens is 1. The van der Waals surface area contributed by atoms with E-state index < -0.39 is 8.32 Å². The molecule has 0 saturated carbocycles. The molecule has 0 aliphatic heterocycles. The van der Waals surface area contributed by atoms with Gasteiger partial charge in [0.25, 0.3) is 0 Å². The molecule has 0 fully saturated rings. The zero-order valence-electron chi connectivity index (χ0n) is 13.1. The van der Waals surface area contributed by atoms with Gasteiger partial charge in [-0.25, -0.2) is 4.98 Å². The second kappa shape index (κ2) is 5.28. The van der Waals surface area contributed by atoms with Crippen LogP contribution < -0.4 is 0 Å². The monoisotopic (exact) mass is 354 g/mol. The van der Waals surface area contributed by atoms with Crippen molar-refractivity contribution in [2.45, 2.75) is 45.5 Å². The molecule has 1 heterocycles. The average Bonchev–Trinajstić information content (AvgIpc) is 2.62. The Kier molecular flexibility index (Phi) is 4.15. The molecule has 110 valence electrons. The zero-order chi connectivity index (χ0) is 15.1. The van der Waals surface area contributed by atoms with Crippen molar-refractivity contribution in [3.05, 3.63) is 28.5 Å². The van der Waals surface area contributed by atoms with Gasteiger partial charge in [0, 0.05) is 11.5 Å². The van der Waals surface area contributed by atoms with Crippen LogP contribution in [0.2, 0.25) is 18.1 Å². The second-order valence-corrected chi connectivity index (χ2v) is 12.5. The van der Waals surface area contributed by atoms with Crippen LogP contribution in [0.3, 0.4) is 0 Å². The van der Waals surface area contributed by atoms with Gasteiger partial charge in [0.15, 0.2) is 8.32 Å². The van der Waals surface area contributed by atoms with Gasteiger partial charge in [0.1, 0.15) is 5.82 Å². The number of hydrogen-bond acceptors (Lipinski definition) is 2. The number of aryl methyl sites for hydroxylation is 1. The van der Waals surface area contributed by atoms with E-state index in [9.17, 15) is 0 Å². The van der Waals surface area contributed by atoms with Gasteiger partial charge < -0.3 is 8.99 Å². The quantitative estimate of drug-likeness (QED) is 0.736. The molecule has 5 heteroatoms. The maximum absolute atomic E-state index is 6.26. The summed E-state index contributed by atoms with van der Waals surface area (Å²) in [6.07, 6.45) is 0. The van der Waals surface area contributed by atoms with Crippen molar-refractivity contribution >= 4 is 35.3 Å². The molecule has 0 N–H and O–H groups in total. The second-order valence-electron chi connectivity index (χ2n) is 6.77. The third-order valence-corrected chi connectivity index (χ3v) is 9.28. The van der Waals surface area contributed by atoms with Crippen LogP contribution in [0.15, 0.2) is 22.7 Å². The summed E-state index contributed by atoms with van der Waals surface area (Å²) in [6, 6.07) is 6.18. The van der Waals surface area contributed by atoms with Crippen molar-refractivity contribution in [3.63, 3.8) is 0 Å². The van der Waals surface area contributed by atoms with Gasteiger partial charge in [-0.2, -0.15) is 0 Å². The molecule has 0 radical (unpaired) electrons. The number of benzene rings is 1. The minimum Gasteiger partial charge on any atom is -0.409 e. The highest BCUT2D eigenvalue weighted by Gasteiger charge is 2.37. The molecule has 1 aromatic heterocycles. The van der Waals surface area contributed by atoms with Crippen LogP contribution in [0, 0.1) is 0 Å². The Morgan fingerprint density at radius 1 is 1.30 bits per heavy atom. The fourth-order valence-electron chi connectivity index (χ4n) is 1.81. The predicted molar refractivity (Wildman–Crippen MR) is 90.4 cm³/mol. The molecule has 2 rings (SSSR count). The first-order valence-electron chi connectivity index (χ1n) is 6.87. The standard InChI is InChI=1S/C15H23BrN2OSi/c1-15(2,3)20(5,6)19-10-14-17-12-9-11(16)7-8-13(12)18(14)4/h7-9H,10H2,1-6H3.